The van der Waals surface area contributed by atoms with Gasteiger partial charge < -0.3 is 5.32 Å². The van der Waals surface area contributed by atoms with Gasteiger partial charge in [0.15, 0.2) is 0 Å². The number of piperidine rings is 1. The number of aryl methyl sites for hydroxylation is 1. The SMILES string of the molecule is Cc1cnn(-c2ccc(S(=O)(=O)N[C@@H]3CCCNC3)cc2F)c1. The maximum atomic E-state index is 14.3. The lowest BCUT2D eigenvalue weighted by Gasteiger charge is -2.23. The van der Waals surface area contributed by atoms with Crippen LogP contribution in [0.4, 0.5) is 4.39 Å². The molecule has 0 spiro atoms. The van der Waals surface area contributed by atoms with E-state index in [-0.39, 0.29) is 16.6 Å². The van der Waals surface area contributed by atoms with E-state index in [0.29, 0.717) is 6.54 Å². The number of hydrogen-bond acceptors (Lipinski definition) is 4. The van der Waals surface area contributed by atoms with E-state index in [9.17, 15) is 12.8 Å². The molecular weight excluding hydrogens is 319 g/mol. The van der Waals surface area contributed by atoms with Gasteiger partial charge in [0.2, 0.25) is 10.0 Å². The summed E-state index contributed by atoms with van der Waals surface area (Å²) in [5, 5.41) is 7.18. The molecule has 2 heterocycles. The summed E-state index contributed by atoms with van der Waals surface area (Å²) in [7, 11) is -3.74. The molecule has 0 aliphatic carbocycles. The number of sulfonamides is 1. The van der Waals surface area contributed by atoms with Gasteiger partial charge in [-0.05, 0) is 50.1 Å². The number of rotatable bonds is 4. The molecule has 0 bridgehead atoms. The minimum absolute atomic E-state index is 0.0757. The Hall–Kier alpha value is -1.77. The molecule has 2 N–H and O–H groups in total. The molecule has 0 saturated carbocycles. The molecule has 1 aromatic carbocycles. The van der Waals surface area contributed by atoms with Crippen molar-refractivity contribution in [2.75, 3.05) is 13.1 Å². The van der Waals surface area contributed by atoms with Crippen molar-refractivity contribution in [2.24, 2.45) is 0 Å². The summed E-state index contributed by atoms with van der Waals surface area (Å²) < 4.78 is 43.1. The van der Waals surface area contributed by atoms with Crippen molar-refractivity contribution >= 4 is 10.0 Å². The first-order valence-corrected chi connectivity index (χ1v) is 8.98. The fraction of sp³-hybridized carbons (Fsp3) is 0.400. The Morgan fingerprint density at radius 2 is 2.26 bits per heavy atom. The van der Waals surface area contributed by atoms with Crippen LogP contribution in [0.2, 0.25) is 0 Å². The molecule has 1 saturated heterocycles. The van der Waals surface area contributed by atoms with Crippen LogP contribution in [0.25, 0.3) is 5.69 Å². The molecule has 2 aromatic rings. The van der Waals surface area contributed by atoms with Gasteiger partial charge in [0, 0.05) is 18.8 Å². The zero-order valence-corrected chi connectivity index (χ0v) is 13.6. The minimum Gasteiger partial charge on any atom is -0.315 e. The highest BCUT2D eigenvalue weighted by Crippen LogP contribution is 2.19. The van der Waals surface area contributed by atoms with Crippen molar-refractivity contribution in [3.63, 3.8) is 0 Å². The van der Waals surface area contributed by atoms with Crippen molar-refractivity contribution in [1.29, 1.82) is 0 Å². The van der Waals surface area contributed by atoms with Crippen molar-refractivity contribution < 1.29 is 12.8 Å². The van der Waals surface area contributed by atoms with Crippen molar-refractivity contribution in [2.45, 2.75) is 30.7 Å². The Morgan fingerprint density at radius 3 is 2.87 bits per heavy atom. The third-order valence-corrected chi connectivity index (χ3v) is 5.32. The van der Waals surface area contributed by atoms with Crippen LogP contribution in [0, 0.1) is 12.7 Å². The second-order valence-corrected chi connectivity index (χ2v) is 7.45. The molecule has 6 nitrogen and oxygen atoms in total. The average molecular weight is 338 g/mol. The molecule has 124 valence electrons. The van der Waals surface area contributed by atoms with Gasteiger partial charge in [-0.15, -0.1) is 0 Å². The summed E-state index contributed by atoms with van der Waals surface area (Å²) in [5.41, 5.74) is 1.11. The summed E-state index contributed by atoms with van der Waals surface area (Å²) in [6.45, 7) is 3.33. The van der Waals surface area contributed by atoms with Crippen LogP contribution in [0.15, 0.2) is 35.5 Å². The average Bonchev–Trinajstić information content (AvgIpc) is 2.94. The summed E-state index contributed by atoms with van der Waals surface area (Å²) in [6.07, 6.45) is 4.98. The maximum Gasteiger partial charge on any atom is 0.240 e. The van der Waals surface area contributed by atoms with Gasteiger partial charge in [-0.1, -0.05) is 0 Å². The molecule has 1 aromatic heterocycles. The molecule has 8 heteroatoms. The lowest BCUT2D eigenvalue weighted by molar-refractivity contribution is 0.428. The second kappa shape index (κ2) is 6.38. The zero-order valence-electron chi connectivity index (χ0n) is 12.8. The first-order chi connectivity index (χ1) is 11.0. The smallest absolute Gasteiger partial charge is 0.240 e. The van der Waals surface area contributed by atoms with Crippen molar-refractivity contribution in [3.05, 3.63) is 42.0 Å². The Kier molecular flexibility index (Phi) is 4.47. The fourth-order valence-corrected chi connectivity index (χ4v) is 3.91. The number of hydrogen-bond donors (Lipinski definition) is 2. The maximum absolute atomic E-state index is 14.3. The lowest BCUT2D eigenvalue weighted by Crippen LogP contribution is -2.45. The largest absolute Gasteiger partial charge is 0.315 e. The zero-order chi connectivity index (χ0) is 16.4. The quantitative estimate of drug-likeness (QED) is 0.882. The van der Waals surface area contributed by atoms with Gasteiger partial charge in [0.05, 0.1) is 11.1 Å². The highest BCUT2D eigenvalue weighted by molar-refractivity contribution is 7.89. The standard InChI is InChI=1S/C15H19FN4O2S/c1-11-8-18-20(10-11)15-5-4-13(7-14(15)16)23(21,22)19-12-3-2-6-17-9-12/h4-5,7-8,10,12,17,19H,2-3,6,9H2,1H3/t12-/m1/s1. The van der Waals surface area contributed by atoms with Crippen molar-refractivity contribution in [3.8, 4) is 5.69 Å². The number of halogens is 1. The Bertz CT molecular complexity index is 798. The van der Waals surface area contributed by atoms with Crippen molar-refractivity contribution in [1.82, 2.24) is 19.8 Å². The van der Waals surface area contributed by atoms with E-state index in [1.165, 1.54) is 16.8 Å². The molecule has 23 heavy (non-hydrogen) atoms. The predicted octanol–water partition coefficient (Wildman–Crippen LogP) is 1.35. The van der Waals surface area contributed by atoms with Gasteiger partial charge in [-0.25, -0.2) is 22.2 Å². The molecule has 1 aliphatic rings. The van der Waals surface area contributed by atoms with E-state index in [4.69, 9.17) is 0 Å². The first kappa shape index (κ1) is 16.1. The van der Waals surface area contributed by atoms with Crippen LogP contribution in [-0.2, 0) is 10.0 Å². The highest BCUT2D eigenvalue weighted by atomic mass is 32.2. The van der Waals surface area contributed by atoms with E-state index in [1.54, 1.807) is 12.4 Å². The van der Waals surface area contributed by atoms with Gasteiger partial charge in [-0.2, -0.15) is 5.10 Å². The number of nitrogens with one attached hydrogen (secondary N) is 2. The molecule has 0 unspecified atom stereocenters. The van der Waals surface area contributed by atoms with Crippen LogP contribution >= 0.6 is 0 Å². The van der Waals surface area contributed by atoms with Gasteiger partial charge in [0.25, 0.3) is 0 Å². The Labute approximate surface area is 134 Å². The Balaban J connectivity index is 1.84. The summed E-state index contributed by atoms with van der Waals surface area (Å²) >= 11 is 0. The van der Waals surface area contributed by atoms with Crippen LogP contribution in [-0.4, -0.2) is 37.3 Å². The van der Waals surface area contributed by atoms with Gasteiger partial charge in [0.1, 0.15) is 11.5 Å². The molecule has 1 atom stereocenters. The van der Waals surface area contributed by atoms with Crippen LogP contribution in [0.3, 0.4) is 0 Å². The fourth-order valence-electron chi connectivity index (χ4n) is 2.63. The van der Waals surface area contributed by atoms with Crippen LogP contribution in [0.1, 0.15) is 18.4 Å². The predicted molar refractivity (Wildman–Crippen MR) is 84.5 cm³/mol. The summed E-state index contributed by atoms with van der Waals surface area (Å²) in [5.74, 6) is -0.627. The topological polar surface area (TPSA) is 76.0 Å². The van der Waals surface area contributed by atoms with E-state index in [1.807, 2.05) is 6.92 Å². The van der Waals surface area contributed by atoms with Gasteiger partial charge >= 0.3 is 0 Å². The second-order valence-electron chi connectivity index (χ2n) is 5.74. The lowest BCUT2D eigenvalue weighted by atomic mass is 10.1. The molecular formula is C15H19FN4O2S. The molecule has 0 amide bonds. The normalized spacial score (nSPS) is 19.0. The third-order valence-electron chi connectivity index (χ3n) is 3.81. The van der Waals surface area contributed by atoms with Crippen LogP contribution < -0.4 is 10.0 Å². The third kappa shape index (κ3) is 3.60. The summed E-state index contributed by atoms with van der Waals surface area (Å²) in [6, 6.07) is 3.69. The molecule has 1 aliphatic heterocycles. The number of aromatic nitrogens is 2. The molecule has 0 radical (unpaired) electrons. The number of nitrogens with zero attached hydrogens (tertiary/aromatic N) is 2. The van der Waals surface area contributed by atoms with E-state index in [0.717, 1.165) is 31.0 Å². The highest BCUT2D eigenvalue weighted by Gasteiger charge is 2.22. The van der Waals surface area contributed by atoms with E-state index >= 15 is 0 Å². The molecule has 3 rings (SSSR count). The summed E-state index contributed by atoms with van der Waals surface area (Å²) in [4.78, 5) is -0.0757. The monoisotopic (exact) mass is 338 g/mol. The minimum atomic E-state index is -3.74. The molecule has 1 fully saturated rings. The first-order valence-electron chi connectivity index (χ1n) is 7.50. The number of benzene rings is 1. The Morgan fingerprint density at radius 1 is 1.43 bits per heavy atom. The van der Waals surface area contributed by atoms with Crippen LogP contribution in [0.5, 0.6) is 0 Å². The van der Waals surface area contributed by atoms with E-state index < -0.39 is 15.8 Å². The van der Waals surface area contributed by atoms with E-state index in [2.05, 4.69) is 15.1 Å². The van der Waals surface area contributed by atoms with Gasteiger partial charge in [-0.3, -0.25) is 0 Å².